The second-order valence-corrected chi connectivity index (χ2v) is 10.0. The zero-order valence-corrected chi connectivity index (χ0v) is 25.6. The van der Waals surface area contributed by atoms with Gasteiger partial charge in [0.05, 0.1) is 38.1 Å². The lowest BCUT2D eigenvalue weighted by Gasteiger charge is -2.26. The first kappa shape index (κ1) is 36.1. The molecular formula is C27H30Cl2F5N7O4. The van der Waals surface area contributed by atoms with E-state index in [0.717, 1.165) is 41.4 Å². The van der Waals surface area contributed by atoms with Gasteiger partial charge in [0.1, 0.15) is 35.0 Å². The first-order valence-electron chi connectivity index (χ1n) is 13.1. The van der Waals surface area contributed by atoms with Crippen molar-refractivity contribution in [1.29, 1.82) is 0 Å². The Bertz CT molecular complexity index is 1540. The predicted molar refractivity (Wildman–Crippen MR) is 157 cm³/mol. The van der Waals surface area contributed by atoms with Gasteiger partial charge in [0.2, 0.25) is 0 Å². The lowest BCUT2D eigenvalue weighted by Crippen LogP contribution is -2.40. The molecule has 11 nitrogen and oxygen atoms in total. The van der Waals surface area contributed by atoms with Crippen LogP contribution in [0.5, 0.6) is 5.75 Å². The average molecular weight is 682 g/mol. The number of hydrogen-bond donors (Lipinski definition) is 4. The molecule has 0 aliphatic rings. The van der Waals surface area contributed by atoms with Crippen LogP contribution in [0.25, 0.3) is 11.3 Å². The first-order chi connectivity index (χ1) is 21.2. The topological polar surface area (TPSA) is 155 Å². The molecular weight excluding hydrogens is 652 g/mol. The smallest absolute Gasteiger partial charge is 0.418 e. The molecule has 6 N–H and O–H groups in total. The highest BCUT2D eigenvalue weighted by Crippen LogP contribution is 2.37. The number of aromatic nitrogens is 3. The minimum absolute atomic E-state index is 0.0269. The van der Waals surface area contributed by atoms with E-state index < -0.39 is 59.1 Å². The summed E-state index contributed by atoms with van der Waals surface area (Å²) in [5.74, 6) is -3.11. The maximum absolute atomic E-state index is 14.7. The van der Waals surface area contributed by atoms with Crippen molar-refractivity contribution in [3.8, 4) is 11.4 Å². The second kappa shape index (κ2) is 15.8. The summed E-state index contributed by atoms with van der Waals surface area (Å²) in [5.41, 5.74) is 12.2. The zero-order chi connectivity index (χ0) is 33.5. The van der Waals surface area contributed by atoms with Crippen LogP contribution in [0.3, 0.4) is 0 Å². The van der Waals surface area contributed by atoms with Crippen molar-refractivity contribution >= 4 is 35.0 Å². The molecule has 18 heteroatoms. The van der Waals surface area contributed by atoms with Crippen molar-refractivity contribution in [2.75, 3.05) is 26.8 Å². The fourth-order valence-corrected chi connectivity index (χ4v) is 4.39. The number of aliphatic hydroxyl groups is 1. The Labute approximate surface area is 264 Å². The predicted octanol–water partition coefficient (Wildman–Crippen LogP) is 4.50. The van der Waals surface area contributed by atoms with Crippen molar-refractivity contribution in [3.05, 3.63) is 74.9 Å². The van der Waals surface area contributed by atoms with Gasteiger partial charge in [0, 0.05) is 28.6 Å². The maximum Gasteiger partial charge on any atom is 0.418 e. The van der Waals surface area contributed by atoms with Crippen LogP contribution in [0.15, 0.2) is 35.5 Å². The maximum atomic E-state index is 14.7. The Balaban J connectivity index is 2.02. The summed E-state index contributed by atoms with van der Waals surface area (Å²) >= 11 is 11.8. The van der Waals surface area contributed by atoms with Crippen molar-refractivity contribution in [2.45, 2.75) is 38.5 Å². The molecule has 0 aliphatic carbocycles. The summed E-state index contributed by atoms with van der Waals surface area (Å²) in [7, 11) is 1.20. The van der Waals surface area contributed by atoms with E-state index in [1.54, 1.807) is 6.92 Å². The number of aliphatic hydroxyl groups excluding tert-OH is 1. The van der Waals surface area contributed by atoms with Crippen LogP contribution in [0, 0.1) is 18.6 Å². The van der Waals surface area contributed by atoms with Crippen LogP contribution < -0.4 is 21.7 Å². The van der Waals surface area contributed by atoms with Crippen molar-refractivity contribution in [3.63, 3.8) is 0 Å². The molecule has 0 saturated carbocycles. The molecule has 1 heterocycles. The van der Waals surface area contributed by atoms with Gasteiger partial charge in [-0.2, -0.15) is 23.8 Å². The summed E-state index contributed by atoms with van der Waals surface area (Å²) in [6.07, 6.45) is -7.17. The summed E-state index contributed by atoms with van der Waals surface area (Å²) in [6.45, 7) is 2.82. The fraction of sp³-hybridized carbons (Fsp3) is 0.370. The highest BCUT2D eigenvalue weighted by atomic mass is 35.5. The standard InChI is InChI=1S/C27H30Cl2F5N7O4/c1-4-44-38-12-21(36)45-25(26-39-13(2)40-41(26)18-7-15(28)5-6-17(18)27(32,33)34)19(42)11-37-10-14(9-35)16-8-20(43-3)22(29)24(31)23(16)30/h5-10,19,21,25,38,42H,4,11-12,35-36H2,1-3H3/b14-9+,37-10?/t19-,21?,25?/m0/s1. The number of methoxy groups -OCH3 is 1. The van der Waals surface area contributed by atoms with Gasteiger partial charge in [-0.3, -0.25) is 4.99 Å². The number of nitrogens with zero attached hydrogens (tertiary/aromatic N) is 4. The Kier molecular flexibility index (Phi) is 12.6. The number of rotatable bonds is 14. The molecule has 3 rings (SSSR count). The third-order valence-electron chi connectivity index (χ3n) is 6.03. The van der Waals surface area contributed by atoms with E-state index in [1.807, 2.05) is 0 Å². The third kappa shape index (κ3) is 8.88. The number of aryl methyl sites for hydroxylation is 1. The lowest BCUT2D eigenvalue weighted by atomic mass is 10.1. The van der Waals surface area contributed by atoms with Crippen LogP contribution in [0.2, 0.25) is 10.0 Å². The van der Waals surface area contributed by atoms with Gasteiger partial charge in [0.25, 0.3) is 0 Å². The molecule has 0 spiro atoms. The Morgan fingerprint density at radius 1 is 1.22 bits per heavy atom. The first-order valence-corrected chi connectivity index (χ1v) is 13.9. The summed E-state index contributed by atoms with van der Waals surface area (Å²) < 4.78 is 82.5. The molecule has 45 heavy (non-hydrogen) atoms. The number of nitrogens with one attached hydrogen (secondary N) is 1. The average Bonchev–Trinajstić information content (AvgIpc) is 3.37. The monoisotopic (exact) mass is 681 g/mol. The van der Waals surface area contributed by atoms with Crippen molar-refractivity contribution < 1.29 is 41.4 Å². The third-order valence-corrected chi connectivity index (χ3v) is 6.62. The minimum atomic E-state index is -4.81. The summed E-state index contributed by atoms with van der Waals surface area (Å²) in [6, 6.07) is 3.98. The van der Waals surface area contributed by atoms with E-state index in [4.69, 9.17) is 49.0 Å². The molecule has 0 fully saturated rings. The van der Waals surface area contributed by atoms with E-state index in [-0.39, 0.29) is 46.7 Å². The summed E-state index contributed by atoms with van der Waals surface area (Å²) in [4.78, 5) is 13.3. The molecule has 0 aliphatic heterocycles. The van der Waals surface area contributed by atoms with Gasteiger partial charge in [-0.15, -0.1) is 0 Å². The Hall–Kier alpha value is -3.38. The molecule has 0 amide bonds. The number of benzene rings is 2. The van der Waals surface area contributed by atoms with Gasteiger partial charge in [-0.05, 0) is 38.1 Å². The van der Waals surface area contributed by atoms with Gasteiger partial charge < -0.3 is 30.9 Å². The SMILES string of the molecule is CCONCC(N)OC(c1nc(C)nn1-c1cc(Cl)ccc1C(F)(F)F)[C@@H](O)CN=C/C(=C\N)c1cc(OC)c(Cl)c(F)c1F. The molecule has 0 bridgehead atoms. The number of halogens is 7. The molecule has 246 valence electrons. The van der Waals surface area contributed by atoms with Gasteiger partial charge >= 0.3 is 6.18 Å². The number of hydroxylamine groups is 1. The number of aliphatic imine (C=N–C) groups is 1. The van der Waals surface area contributed by atoms with E-state index in [1.165, 1.54) is 14.0 Å². The van der Waals surface area contributed by atoms with E-state index in [9.17, 15) is 27.1 Å². The van der Waals surface area contributed by atoms with Gasteiger partial charge in [-0.1, -0.05) is 23.2 Å². The number of hydrogen-bond acceptors (Lipinski definition) is 10. The lowest BCUT2D eigenvalue weighted by molar-refractivity contribution is -0.137. The quantitative estimate of drug-likeness (QED) is 0.0481. The van der Waals surface area contributed by atoms with Gasteiger partial charge in [-0.25, -0.2) is 18.4 Å². The van der Waals surface area contributed by atoms with E-state index >= 15 is 0 Å². The molecule has 0 radical (unpaired) electrons. The highest BCUT2D eigenvalue weighted by Gasteiger charge is 2.37. The normalized spacial score (nSPS) is 14.6. The van der Waals surface area contributed by atoms with Crippen LogP contribution in [-0.4, -0.2) is 65.2 Å². The Morgan fingerprint density at radius 3 is 2.56 bits per heavy atom. The molecule has 0 saturated heterocycles. The van der Waals surface area contributed by atoms with Crippen LogP contribution in [0.4, 0.5) is 22.0 Å². The number of ether oxygens (including phenoxy) is 2. The zero-order valence-electron chi connectivity index (χ0n) is 24.1. The van der Waals surface area contributed by atoms with Crippen LogP contribution in [0.1, 0.15) is 35.8 Å². The second-order valence-electron chi connectivity index (χ2n) is 9.22. The van der Waals surface area contributed by atoms with Crippen LogP contribution >= 0.6 is 23.2 Å². The fourth-order valence-electron chi connectivity index (χ4n) is 4.01. The molecule has 2 unspecified atom stereocenters. The van der Waals surface area contributed by atoms with Gasteiger partial charge in [0.15, 0.2) is 17.5 Å². The molecule has 3 atom stereocenters. The number of nitrogens with two attached hydrogens (primary N) is 2. The highest BCUT2D eigenvalue weighted by molar-refractivity contribution is 6.32. The van der Waals surface area contributed by atoms with Crippen molar-refractivity contribution in [1.82, 2.24) is 20.2 Å². The van der Waals surface area contributed by atoms with Crippen LogP contribution in [-0.2, 0) is 15.8 Å². The Morgan fingerprint density at radius 2 is 1.93 bits per heavy atom. The number of allylic oxidation sites excluding steroid dienone is 1. The molecule has 2 aromatic carbocycles. The molecule has 1 aromatic heterocycles. The number of alkyl halides is 3. The minimum Gasteiger partial charge on any atom is -0.495 e. The van der Waals surface area contributed by atoms with Crippen molar-refractivity contribution in [2.24, 2.45) is 16.5 Å². The molecule has 3 aromatic rings. The largest absolute Gasteiger partial charge is 0.495 e. The van der Waals surface area contributed by atoms with E-state index in [0.29, 0.717) is 0 Å². The summed E-state index contributed by atoms with van der Waals surface area (Å²) in [5, 5.41) is 14.7. The van der Waals surface area contributed by atoms with E-state index in [2.05, 4.69) is 20.6 Å².